The number of para-hydroxylation sites is 1. The molecule has 0 aromatic heterocycles. The Morgan fingerprint density at radius 3 is 2.47 bits per heavy atom. The third kappa shape index (κ3) is 4.68. The number of aliphatic carboxylic acids is 1. The third-order valence-corrected chi connectivity index (χ3v) is 7.07. The van der Waals surface area contributed by atoms with E-state index < -0.39 is 35.5 Å². The van der Waals surface area contributed by atoms with Crippen LogP contribution in [0.2, 0.25) is 0 Å². The Bertz CT molecular complexity index is 1180. The average Bonchev–Trinajstić information content (AvgIpc) is 3.31. The summed E-state index contributed by atoms with van der Waals surface area (Å²) in [5.74, 6) is -3.67. The van der Waals surface area contributed by atoms with E-state index in [1.54, 1.807) is 36.1 Å². The molecule has 3 atom stereocenters. The fourth-order valence-corrected chi connectivity index (χ4v) is 5.58. The summed E-state index contributed by atoms with van der Waals surface area (Å²) in [5, 5.41) is 9.02. The van der Waals surface area contributed by atoms with Gasteiger partial charge in [-0.2, -0.15) is 13.2 Å². The van der Waals surface area contributed by atoms with E-state index in [1.165, 1.54) is 4.90 Å². The number of hydrogen-bond acceptors (Lipinski definition) is 3. The number of amides is 2. The summed E-state index contributed by atoms with van der Waals surface area (Å²) in [4.78, 5) is 40.8. The second-order valence-electron chi connectivity index (χ2n) is 9.11. The van der Waals surface area contributed by atoms with Crippen LogP contribution >= 0.6 is 0 Å². The summed E-state index contributed by atoms with van der Waals surface area (Å²) in [6.45, 7) is 2.14. The van der Waals surface area contributed by atoms with Gasteiger partial charge in [-0.05, 0) is 49.6 Å². The molecule has 2 aromatic rings. The van der Waals surface area contributed by atoms with Crippen LogP contribution in [0.1, 0.15) is 66.6 Å². The zero-order valence-electron chi connectivity index (χ0n) is 19.6. The van der Waals surface area contributed by atoms with Gasteiger partial charge in [0.1, 0.15) is 5.82 Å². The number of rotatable bonds is 6. The van der Waals surface area contributed by atoms with E-state index in [-0.39, 0.29) is 36.3 Å². The Kier molecular flexibility index (Phi) is 7.06. The topological polar surface area (TPSA) is 77.9 Å². The van der Waals surface area contributed by atoms with Crippen molar-refractivity contribution in [2.45, 2.75) is 57.3 Å². The zero-order chi connectivity index (χ0) is 26.2. The first-order valence-electron chi connectivity index (χ1n) is 11.8. The van der Waals surface area contributed by atoms with Crippen LogP contribution < -0.4 is 4.90 Å². The van der Waals surface area contributed by atoms with Crippen molar-refractivity contribution in [2.75, 3.05) is 11.4 Å². The summed E-state index contributed by atoms with van der Waals surface area (Å²) < 4.78 is 53.8. The summed E-state index contributed by atoms with van der Waals surface area (Å²) in [6, 6.07) is 8.43. The van der Waals surface area contributed by atoms with Crippen LogP contribution in [0.15, 0.2) is 42.5 Å². The molecule has 36 heavy (non-hydrogen) atoms. The minimum atomic E-state index is -4.95. The molecule has 2 aliphatic rings. The van der Waals surface area contributed by atoms with E-state index in [4.69, 9.17) is 5.11 Å². The van der Waals surface area contributed by atoms with Crippen LogP contribution in [0, 0.1) is 11.7 Å². The highest BCUT2D eigenvalue weighted by Gasteiger charge is 2.48. The van der Waals surface area contributed by atoms with Gasteiger partial charge in [0.05, 0.1) is 18.0 Å². The number of anilines is 1. The Morgan fingerprint density at radius 2 is 1.81 bits per heavy atom. The highest BCUT2D eigenvalue weighted by molar-refractivity contribution is 6.07. The average molecular weight is 506 g/mol. The van der Waals surface area contributed by atoms with Crippen molar-refractivity contribution in [2.24, 2.45) is 5.92 Å². The lowest BCUT2D eigenvalue weighted by molar-refractivity contribution is -0.142. The Hall–Kier alpha value is -3.43. The number of carboxylic acids is 1. The van der Waals surface area contributed by atoms with E-state index in [9.17, 15) is 31.9 Å². The van der Waals surface area contributed by atoms with Crippen molar-refractivity contribution in [1.82, 2.24) is 4.90 Å². The summed E-state index contributed by atoms with van der Waals surface area (Å²) in [5.41, 5.74) is -0.608. The predicted octanol–water partition coefficient (Wildman–Crippen LogP) is 5.43. The van der Waals surface area contributed by atoms with Crippen LogP contribution in [0.25, 0.3) is 0 Å². The highest BCUT2D eigenvalue weighted by Crippen LogP contribution is 2.50. The second-order valence-corrected chi connectivity index (χ2v) is 9.11. The first-order valence-corrected chi connectivity index (χ1v) is 11.8. The lowest BCUT2D eigenvalue weighted by atomic mass is 9.81. The van der Waals surface area contributed by atoms with Crippen molar-refractivity contribution in [3.63, 3.8) is 0 Å². The molecule has 0 bridgehead atoms. The molecular weight excluding hydrogens is 480 g/mol. The molecule has 1 aliphatic carbocycles. The Morgan fingerprint density at radius 1 is 1.08 bits per heavy atom. The van der Waals surface area contributed by atoms with Gasteiger partial charge in [-0.1, -0.05) is 24.6 Å². The van der Waals surface area contributed by atoms with Gasteiger partial charge in [0.15, 0.2) is 0 Å². The van der Waals surface area contributed by atoms with Gasteiger partial charge in [0.2, 0.25) is 5.91 Å². The largest absolute Gasteiger partial charge is 0.481 e. The Balaban J connectivity index is 1.77. The zero-order valence-corrected chi connectivity index (χ0v) is 19.6. The van der Waals surface area contributed by atoms with Crippen molar-refractivity contribution < 1.29 is 37.1 Å². The van der Waals surface area contributed by atoms with E-state index in [0.717, 1.165) is 12.5 Å². The maximum atomic E-state index is 13.9. The van der Waals surface area contributed by atoms with Gasteiger partial charge in [0, 0.05) is 36.2 Å². The van der Waals surface area contributed by atoms with E-state index in [2.05, 4.69) is 0 Å². The molecule has 1 heterocycles. The molecule has 0 saturated heterocycles. The molecule has 1 N–H and O–H groups in total. The second kappa shape index (κ2) is 9.91. The molecule has 10 heteroatoms. The first-order chi connectivity index (χ1) is 17.0. The van der Waals surface area contributed by atoms with Crippen LogP contribution in [0.3, 0.4) is 0 Å². The van der Waals surface area contributed by atoms with Crippen molar-refractivity contribution in [1.29, 1.82) is 0 Å². The summed E-state index contributed by atoms with van der Waals surface area (Å²) in [6.07, 6.45) is -3.37. The number of benzene rings is 2. The first kappa shape index (κ1) is 25.7. The number of carboxylic acid groups (broad SMARTS) is 1. The molecule has 2 aromatic carbocycles. The quantitative estimate of drug-likeness (QED) is 0.531. The molecule has 1 aliphatic heterocycles. The maximum absolute atomic E-state index is 13.9. The fourth-order valence-electron chi connectivity index (χ4n) is 5.58. The molecule has 6 nitrogen and oxygen atoms in total. The summed E-state index contributed by atoms with van der Waals surface area (Å²) in [7, 11) is 0. The lowest BCUT2D eigenvalue weighted by Gasteiger charge is -2.47. The third-order valence-electron chi connectivity index (χ3n) is 7.07. The number of nitrogens with zero attached hydrogens (tertiary/aromatic N) is 2. The summed E-state index contributed by atoms with van der Waals surface area (Å²) >= 11 is 0. The van der Waals surface area contributed by atoms with Crippen LogP contribution in [-0.4, -0.2) is 40.4 Å². The molecule has 2 amide bonds. The smallest absolute Gasteiger partial charge is 0.419 e. The van der Waals surface area contributed by atoms with Gasteiger partial charge in [-0.25, -0.2) is 4.39 Å². The number of carbonyl (C=O) groups excluding carboxylic acids is 2. The van der Waals surface area contributed by atoms with E-state index in [1.807, 2.05) is 0 Å². The minimum Gasteiger partial charge on any atom is -0.481 e. The number of halogens is 4. The van der Waals surface area contributed by atoms with Gasteiger partial charge in [-0.3, -0.25) is 14.4 Å². The van der Waals surface area contributed by atoms with Crippen LogP contribution in [0.4, 0.5) is 23.2 Å². The number of fused-ring (bicyclic) bond motifs is 2. The fraction of sp³-hybridized carbons (Fsp3) is 0.423. The minimum absolute atomic E-state index is 0.155. The molecule has 3 unspecified atom stereocenters. The van der Waals surface area contributed by atoms with Crippen molar-refractivity contribution in [3.8, 4) is 0 Å². The Labute approximate surface area is 205 Å². The van der Waals surface area contributed by atoms with Gasteiger partial charge in [-0.15, -0.1) is 0 Å². The monoisotopic (exact) mass is 506 g/mol. The maximum Gasteiger partial charge on any atom is 0.419 e. The van der Waals surface area contributed by atoms with E-state index >= 15 is 0 Å². The highest BCUT2D eigenvalue weighted by atomic mass is 19.4. The standard InChI is InChI=1S/C26H26F4N2O4/c1-2-31(22(33)12-13-23(34)35)24-16-6-3-4-8-20(16)32(21-9-5-7-17(21)24)25(36)15-10-11-19(27)18(14-15)26(28,29)30/h3-4,6,8,10-11,14,17,21,24H,2,5,7,9,12-13H2,1H3,(H,34,35). The number of carbonyl (C=O) groups is 3. The van der Waals surface area contributed by atoms with Crippen molar-refractivity contribution in [3.05, 3.63) is 65.0 Å². The van der Waals surface area contributed by atoms with Gasteiger partial charge >= 0.3 is 12.1 Å². The predicted molar refractivity (Wildman–Crippen MR) is 123 cm³/mol. The molecule has 1 fully saturated rings. The normalized spacial score (nSPS) is 21.0. The van der Waals surface area contributed by atoms with E-state index in [0.29, 0.717) is 42.8 Å². The molecule has 0 radical (unpaired) electrons. The lowest BCUT2D eigenvalue weighted by Crippen LogP contribution is -2.52. The molecule has 4 rings (SSSR count). The number of hydrogen-bond donors (Lipinski definition) is 1. The molecule has 1 saturated carbocycles. The molecule has 192 valence electrons. The SMILES string of the molecule is CCN(C(=O)CCC(=O)O)C1c2ccccc2N(C(=O)c2ccc(F)c(C(F)(F)F)c2)C2CCCC12. The van der Waals surface area contributed by atoms with Gasteiger partial charge in [0.25, 0.3) is 5.91 Å². The van der Waals surface area contributed by atoms with Gasteiger partial charge < -0.3 is 14.9 Å². The van der Waals surface area contributed by atoms with Crippen molar-refractivity contribution >= 4 is 23.5 Å². The van der Waals surface area contributed by atoms with Crippen LogP contribution in [0.5, 0.6) is 0 Å². The molecule has 0 spiro atoms. The molecular formula is C26H26F4N2O4. The van der Waals surface area contributed by atoms with Crippen LogP contribution in [-0.2, 0) is 15.8 Å². The number of alkyl halides is 3.